The summed E-state index contributed by atoms with van der Waals surface area (Å²) in [6.45, 7) is 0.159. The molecule has 3 rings (SSSR count). The van der Waals surface area contributed by atoms with Crippen LogP contribution in [0, 0.1) is 11.6 Å². The van der Waals surface area contributed by atoms with Crippen LogP contribution in [0.5, 0.6) is 0 Å². The first-order valence-corrected chi connectivity index (χ1v) is 11.0. The van der Waals surface area contributed by atoms with Gasteiger partial charge in [0.2, 0.25) is 15.9 Å². The molecule has 0 spiro atoms. The van der Waals surface area contributed by atoms with Gasteiger partial charge in [0.05, 0.1) is 0 Å². The molecule has 3 aromatic carbocycles. The first-order valence-electron chi connectivity index (χ1n) is 9.56. The number of likely N-dealkylation sites (N-methyl/N-ethyl adjacent to an activating group) is 1. The van der Waals surface area contributed by atoms with E-state index in [1.54, 1.807) is 36.4 Å². The quantitative estimate of drug-likeness (QED) is 0.578. The molecule has 1 amide bonds. The molecule has 3 aromatic rings. The summed E-state index contributed by atoms with van der Waals surface area (Å²) in [5, 5.41) is 0. The summed E-state index contributed by atoms with van der Waals surface area (Å²) in [7, 11) is -2.76. The molecule has 0 aliphatic carbocycles. The molecule has 1 N–H and O–H groups in total. The molecule has 0 aliphatic heterocycles. The standard InChI is InChI=1S/C23H22F2N2O3S/c1-27(16-18-11-13-19(24)14-12-18)23(28)21(15-17-7-3-2-4-8-17)26-31(29,30)22-10-6-5-9-20(22)25/h2-14,21,26H,15-16H2,1H3. The molecule has 0 fully saturated rings. The average molecular weight is 445 g/mol. The van der Waals surface area contributed by atoms with E-state index in [2.05, 4.69) is 4.72 Å². The molecule has 1 atom stereocenters. The van der Waals surface area contributed by atoms with Crippen LogP contribution in [0.15, 0.2) is 83.8 Å². The molecular weight excluding hydrogens is 422 g/mol. The highest BCUT2D eigenvalue weighted by Gasteiger charge is 2.29. The van der Waals surface area contributed by atoms with Crippen molar-refractivity contribution in [2.24, 2.45) is 0 Å². The Morgan fingerprint density at radius 3 is 2.16 bits per heavy atom. The average Bonchev–Trinajstić information content (AvgIpc) is 2.75. The highest BCUT2D eigenvalue weighted by Crippen LogP contribution is 2.16. The lowest BCUT2D eigenvalue weighted by Gasteiger charge is -2.25. The normalized spacial score (nSPS) is 12.4. The van der Waals surface area contributed by atoms with Gasteiger partial charge in [0, 0.05) is 13.6 Å². The number of hydrogen-bond acceptors (Lipinski definition) is 3. The summed E-state index contributed by atoms with van der Waals surface area (Å²) in [6.07, 6.45) is 0.0844. The molecular formula is C23H22F2N2O3S. The van der Waals surface area contributed by atoms with Gasteiger partial charge in [-0.05, 0) is 41.8 Å². The second-order valence-electron chi connectivity index (χ2n) is 7.11. The first kappa shape index (κ1) is 22.6. The highest BCUT2D eigenvalue weighted by molar-refractivity contribution is 7.89. The van der Waals surface area contributed by atoms with E-state index in [1.807, 2.05) is 6.07 Å². The van der Waals surface area contributed by atoms with Gasteiger partial charge in [0.25, 0.3) is 0 Å². The topological polar surface area (TPSA) is 66.5 Å². The van der Waals surface area contributed by atoms with Gasteiger partial charge in [-0.25, -0.2) is 17.2 Å². The predicted molar refractivity (Wildman–Crippen MR) is 114 cm³/mol. The number of halogens is 2. The smallest absolute Gasteiger partial charge is 0.244 e. The van der Waals surface area contributed by atoms with Gasteiger partial charge in [-0.2, -0.15) is 4.72 Å². The first-order chi connectivity index (χ1) is 14.8. The third-order valence-corrected chi connectivity index (χ3v) is 6.22. The van der Waals surface area contributed by atoms with Crippen LogP contribution in [-0.4, -0.2) is 32.3 Å². The summed E-state index contributed by atoms with van der Waals surface area (Å²) in [5.41, 5.74) is 1.43. The van der Waals surface area contributed by atoms with Crippen LogP contribution in [0.2, 0.25) is 0 Å². The van der Waals surface area contributed by atoms with Gasteiger partial charge in [-0.15, -0.1) is 0 Å². The van der Waals surface area contributed by atoms with E-state index in [0.29, 0.717) is 5.56 Å². The lowest BCUT2D eigenvalue weighted by atomic mass is 10.1. The van der Waals surface area contributed by atoms with Crippen molar-refractivity contribution in [3.05, 3.63) is 102 Å². The van der Waals surface area contributed by atoms with E-state index in [-0.39, 0.29) is 13.0 Å². The lowest BCUT2D eigenvalue weighted by Crippen LogP contribution is -2.48. The lowest BCUT2D eigenvalue weighted by molar-refractivity contribution is -0.132. The second-order valence-corrected chi connectivity index (χ2v) is 8.80. The summed E-state index contributed by atoms with van der Waals surface area (Å²) < 4.78 is 55.2. The maximum absolute atomic E-state index is 14.1. The largest absolute Gasteiger partial charge is 0.340 e. The van der Waals surface area contributed by atoms with Crippen molar-refractivity contribution >= 4 is 15.9 Å². The number of amides is 1. The number of carbonyl (C=O) groups is 1. The summed E-state index contributed by atoms with van der Waals surface area (Å²) in [5.74, 6) is -1.79. The monoisotopic (exact) mass is 444 g/mol. The van der Waals surface area contributed by atoms with Gasteiger partial charge >= 0.3 is 0 Å². The molecule has 5 nitrogen and oxygen atoms in total. The molecule has 0 saturated carbocycles. The van der Waals surface area contributed by atoms with Crippen molar-refractivity contribution in [3.63, 3.8) is 0 Å². The van der Waals surface area contributed by atoms with Crippen LogP contribution in [0.3, 0.4) is 0 Å². The maximum Gasteiger partial charge on any atom is 0.244 e. The Morgan fingerprint density at radius 1 is 0.903 bits per heavy atom. The zero-order valence-electron chi connectivity index (χ0n) is 16.8. The van der Waals surface area contributed by atoms with E-state index in [4.69, 9.17) is 0 Å². The molecule has 0 heterocycles. The Hall–Kier alpha value is -3.10. The fourth-order valence-electron chi connectivity index (χ4n) is 3.15. The van der Waals surface area contributed by atoms with Crippen LogP contribution in [-0.2, 0) is 27.8 Å². The van der Waals surface area contributed by atoms with Gasteiger partial charge < -0.3 is 4.90 Å². The SMILES string of the molecule is CN(Cc1ccc(F)cc1)C(=O)C(Cc1ccccc1)NS(=O)(=O)c1ccccc1F. The third kappa shape index (κ3) is 5.96. The van der Waals surface area contributed by atoms with Crippen molar-refractivity contribution in [3.8, 4) is 0 Å². The zero-order chi connectivity index (χ0) is 22.4. The molecule has 0 bridgehead atoms. The number of sulfonamides is 1. The molecule has 0 radical (unpaired) electrons. The Kier molecular flexibility index (Phi) is 7.14. The molecule has 0 aliphatic rings. The Morgan fingerprint density at radius 2 is 1.52 bits per heavy atom. The maximum atomic E-state index is 14.1. The van der Waals surface area contributed by atoms with Crippen molar-refractivity contribution < 1.29 is 22.0 Å². The van der Waals surface area contributed by atoms with Crippen molar-refractivity contribution in [2.45, 2.75) is 23.9 Å². The number of hydrogen-bond donors (Lipinski definition) is 1. The molecule has 0 aromatic heterocycles. The van der Waals surface area contributed by atoms with Gasteiger partial charge in [-0.1, -0.05) is 54.6 Å². The summed E-state index contributed by atoms with van der Waals surface area (Å²) >= 11 is 0. The molecule has 31 heavy (non-hydrogen) atoms. The third-order valence-electron chi connectivity index (χ3n) is 4.71. The molecule has 0 saturated heterocycles. The van der Waals surface area contributed by atoms with Gasteiger partial charge in [0.15, 0.2) is 0 Å². The number of carbonyl (C=O) groups excluding carboxylic acids is 1. The number of benzene rings is 3. The minimum absolute atomic E-state index is 0.0844. The van der Waals surface area contributed by atoms with E-state index < -0.39 is 38.5 Å². The Bertz CT molecular complexity index is 1140. The van der Waals surface area contributed by atoms with Gasteiger partial charge in [-0.3, -0.25) is 4.79 Å². The number of nitrogens with one attached hydrogen (secondary N) is 1. The van der Waals surface area contributed by atoms with Crippen molar-refractivity contribution in [1.82, 2.24) is 9.62 Å². The summed E-state index contributed by atoms with van der Waals surface area (Å²) in [4.78, 5) is 14.0. The van der Waals surface area contributed by atoms with E-state index in [9.17, 15) is 22.0 Å². The fraction of sp³-hybridized carbons (Fsp3) is 0.174. The van der Waals surface area contributed by atoms with E-state index in [1.165, 1.54) is 36.2 Å². The van der Waals surface area contributed by atoms with Crippen molar-refractivity contribution in [2.75, 3.05) is 7.05 Å². The van der Waals surface area contributed by atoms with Crippen LogP contribution >= 0.6 is 0 Å². The molecule has 8 heteroatoms. The summed E-state index contributed by atoms with van der Waals surface area (Å²) in [6, 6.07) is 18.4. The van der Waals surface area contributed by atoms with Crippen LogP contribution < -0.4 is 4.72 Å². The van der Waals surface area contributed by atoms with E-state index in [0.717, 1.165) is 17.7 Å². The molecule has 1 unspecified atom stereocenters. The van der Waals surface area contributed by atoms with Gasteiger partial charge in [0.1, 0.15) is 22.6 Å². The predicted octanol–water partition coefficient (Wildman–Crippen LogP) is 3.51. The Balaban J connectivity index is 1.85. The number of rotatable bonds is 8. The number of nitrogens with zero attached hydrogens (tertiary/aromatic N) is 1. The van der Waals surface area contributed by atoms with Crippen molar-refractivity contribution in [1.29, 1.82) is 0 Å². The minimum atomic E-state index is -4.29. The fourth-order valence-corrected chi connectivity index (χ4v) is 4.42. The van der Waals surface area contributed by atoms with Crippen LogP contribution in [0.4, 0.5) is 8.78 Å². The van der Waals surface area contributed by atoms with Crippen LogP contribution in [0.25, 0.3) is 0 Å². The molecule has 162 valence electrons. The van der Waals surface area contributed by atoms with E-state index >= 15 is 0 Å². The van der Waals surface area contributed by atoms with Crippen LogP contribution in [0.1, 0.15) is 11.1 Å². The second kappa shape index (κ2) is 9.80. The zero-order valence-corrected chi connectivity index (χ0v) is 17.6. The Labute approximate surface area is 180 Å². The minimum Gasteiger partial charge on any atom is -0.340 e. The highest BCUT2D eigenvalue weighted by atomic mass is 32.2.